The van der Waals surface area contributed by atoms with Crippen molar-refractivity contribution in [2.45, 2.75) is 11.2 Å². The molecule has 0 radical (unpaired) electrons. The van der Waals surface area contributed by atoms with Gasteiger partial charge in [0.25, 0.3) is 0 Å². The van der Waals surface area contributed by atoms with Crippen molar-refractivity contribution in [1.82, 2.24) is 0 Å². The number of carboxylic acids is 1. The van der Waals surface area contributed by atoms with E-state index in [1.165, 1.54) is 0 Å². The fourth-order valence-corrected chi connectivity index (χ4v) is 4.85. The Hall–Kier alpha value is -0.920. The van der Waals surface area contributed by atoms with E-state index >= 15 is 0 Å². The molecule has 5 nitrogen and oxygen atoms in total. The lowest BCUT2D eigenvalue weighted by Gasteiger charge is -2.08. The van der Waals surface area contributed by atoms with E-state index in [0.717, 1.165) is 10.7 Å². The molecular weight excluding hydrogens is 336 g/mol. The summed E-state index contributed by atoms with van der Waals surface area (Å²) >= 11 is 3.26. The summed E-state index contributed by atoms with van der Waals surface area (Å²) in [6.45, 7) is -0.694. The molecule has 0 aliphatic heterocycles. The summed E-state index contributed by atoms with van der Waals surface area (Å²) in [5.41, 5.74) is -1.02. The molecule has 1 aromatic carbocycles. The Morgan fingerprint density at radius 1 is 1.37 bits per heavy atom. The van der Waals surface area contributed by atoms with E-state index in [9.17, 15) is 23.4 Å². The largest absolute Gasteiger partial charge is 0.481 e. The zero-order valence-corrected chi connectivity index (χ0v) is 12.5. The van der Waals surface area contributed by atoms with Gasteiger partial charge in [0.1, 0.15) is 5.41 Å². The van der Waals surface area contributed by atoms with Gasteiger partial charge >= 0.3 is 5.97 Å². The predicted molar refractivity (Wildman–Crippen MR) is 72.7 cm³/mol. The van der Waals surface area contributed by atoms with Crippen LogP contribution in [0.1, 0.15) is 11.5 Å². The monoisotopic (exact) mass is 348 g/mol. The van der Waals surface area contributed by atoms with Crippen LogP contribution in [-0.2, 0) is 14.6 Å². The van der Waals surface area contributed by atoms with Gasteiger partial charge in [0.15, 0.2) is 9.84 Å². The molecule has 2 rings (SSSR count). The van der Waals surface area contributed by atoms with Gasteiger partial charge in [0.2, 0.25) is 0 Å². The van der Waals surface area contributed by atoms with Crippen molar-refractivity contribution in [1.29, 1.82) is 0 Å². The molecule has 0 saturated heterocycles. The second kappa shape index (κ2) is 4.57. The molecule has 0 aromatic heterocycles. The summed E-state index contributed by atoms with van der Waals surface area (Å²) in [5, 5.41) is 17.6. The van der Waals surface area contributed by atoms with E-state index in [1.54, 1.807) is 24.3 Å². The van der Waals surface area contributed by atoms with Crippen molar-refractivity contribution in [3.05, 3.63) is 34.3 Å². The maximum Gasteiger partial charge on any atom is 0.314 e. The number of rotatable bonds is 4. The summed E-state index contributed by atoms with van der Waals surface area (Å²) in [6, 6.07) is 6.79. The van der Waals surface area contributed by atoms with Crippen LogP contribution in [0.5, 0.6) is 0 Å². The van der Waals surface area contributed by atoms with Gasteiger partial charge in [-0.05, 0) is 17.7 Å². The number of hydrogen-bond donors (Lipinski definition) is 2. The molecule has 1 aliphatic carbocycles. The van der Waals surface area contributed by atoms with Gasteiger partial charge in [0, 0.05) is 16.6 Å². The quantitative estimate of drug-likeness (QED) is 0.847. The van der Waals surface area contributed by atoms with E-state index in [-0.39, 0.29) is 0 Å². The van der Waals surface area contributed by atoms with E-state index in [0.29, 0.717) is 5.56 Å². The van der Waals surface area contributed by atoms with E-state index in [4.69, 9.17) is 0 Å². The third kappa shape index (κ3) is 2.19. The highest BCUT2D eigenvalue weighted by Crippen LogP contribution is 2.62. The number of hydrogen-bond acceptors (Lipinski definition) is 4. The molecule has 0 amide bonds. The zero-order chi connectivity index (χ0) is 14.4. The van der Waals surface area contributed by atoms with Crippen molar-refractivity contribution >= 4 is 31.7 Å². The highest BCUT2D eigenvalue weighted by atomic mass is 79.9. The lowest BCUT2D eigenvalue weighted by Crippen LogP contribution is -2.27. The van der Waals surface area contributed by atoms with Crippen molar-refractivity contribution in [2.75, 3.05) is 12.9 Å². The molecule has 2 N–H and O–H groups in total. The number of carboxylic acid groups (broad SMARTS) is 1. The number of sulfone groups is 1. The van der Waals surface area contributed by atoms with Crippen molar-refractivity contribution in [2.24, 2.45) is 5.41 Å². The summed E-state index contributed by atoms with van der Waals surface area (Å²) in [4.78, 5) is 11.4. The summed E-state index contributed by atoms with van der Waals surface area (Å²) in [7, 11) is -3.55. The average Bonchev–Trinajstić information content (AvgIpc) is 3.00. The number of halogens is 1. The number of carbonyl (C=O) groups is 1. The van der Waals surface area contributed by atoms with Crippen LogP contribution in [0, 0.1) is 5.41 Å². The van der Waals surface area contributed by atoms with E-state index in [2.05, 4.69) is 15.9 Å². The molecule has 19 heavy (non-hydrogen) atoms. The normalized spacial score (nSPS) is 30.1. The topological polar surface area (TPSA) is 91.7 Å². The maximum atomic E-state index is 11.7. The number of aliphatic hydroxyl groups excluding tert-OH is 1. The molecule has 1 aromatic rings. The molecule has 1 aliphatic rings. The van der Waals surface area contributed by atoms with Crippen LogP contribution in [0.25, 0.3) is 0 Å². The predicted octanol–water partition coefficient (Wildman–Crippen LogP) is 1.02. The Kier molecular flexibility index (Phi) is 3.49. The minimum atomic E-state index is -3.55. The summed E-state index contributed by atoms with van der Waals surface area (Å²) in [5.74, 6) is -1.99. The second-order valence-electron chi connectivity index (χ2n) is 4.78. The molecular formula is C12H13BrO5S. The Balaban J connectivity index is 2.50. The molecule has 0 spiro atoms. The van der Waals surface area contributed by atoms with Crippen molar-refractivity contribution in [3.8, 4) is 0 Å². The first-order valence-corrected chi connectivity index (χ1v) is 8.28. The van der Waals surface area contributed by atoms with Gasteiger partial charge in [-0.25, -0.2) is 8.42 Å². The van der Waals surface area contributed by atoms with Gasteiger partial charge in [-0.3, -0.25) is 4.79 Å². The third-order valence-electron chi connectivity index (χ3n) is 3.61. The van der Waals surface area contributed by atoms with E-state index in [1.807, 2.05) is 0 Å². The lowest BCUT2D eigenvalue weighted by molar-refractivity contribution is -0.145. The molecule has 0 bridgehead atoms. The molecule has 1 saturated carbocycles. The van der Waals surface area contributed by atoms with Gasteiger partial charge in [-0.2, -0.15) is 0 Å². The molecule has 1 fully saturated rings. The number of benzene rings is 1. The first-order chi connectivity index (χ1) is 8.75. The summed E-state index contributed by atoms with van der Waals surface area (Å²) < 4.78 is 24.3. The van der Waals surface area contributed by atoms with E-state index < -0.39 is 39.0 Å². The average molecular weight is 349 g/mol. The number of aliphatic carboxylic acids is 1. The Morgan fingerprint density at radius 2 is 1.89 bits per heavy atom. The molecule has 0 heterocycles. The fourth-order valence-electron chi connectivity index (χ4n) is 2.69. The molecule has 3 atom stereocenters. The Labute approximate surface area is 119 Å². The highest BCUT2D eigenvalue weighted by molar-refractivity contribution is 9.10. The first kappa shape index (κ1) is 14.5. The minimum absolute atomic E-state index is 0.607. The summed E-state index contributed by atoms with van der Waals surface area (Å²) in [6.07, 6.45) is 1.00. The molecule has 104 valence electrons. The van der Waals surface area contributed by atoms with Crippen LogP contribution in [0.2, 0.25) is 0 Å². The van der Waals surface area contributed by atoms with Crippen LogP contribution < -0.4 is 0 Å². The van der Waals surface area contributed by atoms with Crippen molar-refractivity contribution < 1.29 is 23.4 Å². The zero-order valence-electron chi connectivity index (χ0n) is 10.1. The SMILES string of the molecule is CS(=O)(=O)[C@@H]1[C@H](c2ccc(Br)cc2)[C@]1(CO)C(=O)O. The Morgan fingerprint density at radius 3 is 2.21 bits per heavy atom. The first-order valence-electron chi connectivity index (χ1n) is 5.53. The van der Waals surface area contributed by atoms with Crippen LogP contribution in [0.15, 0.2) is 28.7 Å². The molecule has 0 unspecified atom stereocenters. The van der Waals surface area contributed by atoms with Crippen LogP contribution in [0.3, 0.4) is 0 Å². The smallest absolute Gasteiger partial charge is 0.314 e. The van der Waals surface area contributed by atoms with Gasteiger partial charge in [-0.15, -0.1) is 0 Å². The van der Waals surface area contributed by atoms with Crippen LogP contribution in [-0.4, -0.2) is 42.7 Å². The van der Waals surface area contributed by atoms with Crippen molar-refractivity contribution in [3.63, 3.8) is 0 Å². The van der Waals surface area contributed by atoms with Crippen LogP contribution >= 0.6 is 15.9 Å². The lowest BCUT2D eigenvalue weighted by atomic mass is 10.0. The van der Waals surface area contributed by atoms with Gasteiger partial charge < -0.3 is 10.2 Å². The van der Waals surface area contributed by atoms with Crippen LogP contribution in [0.4, 0.5) is 0 Å². The van der Waals surface area contributed by atoms with Gasteiger partial charge in [0.05, 0.1) is 11.9 Å². The van der Waals surface area contributed by atoms with Gasteiger partial charge in [-0.1, -0.05) is 28.1 Å². The maximum absolute atomic E-state index is 11.7. The third-order valence-corrected chi connectivity index (χ3v) is 5.75. The second-order valence-corrected chi connectivity index (χ2v) is 7.87. The fraction of sp³-hybridized carbons (Fsp3) is 0.417. The standard InChI is InChI=1S/C12H13BrO5S/c1-19(17,18)10-9(12(10,6-14)11(15)16)7-2-4-8(13)5-3-7/h2-5,9-10,14H,6H2,1H3,(H,15,16)/t9-,10+,12-/m0/s1. The Bertz CT molecular complexity index is 610. The minimum Gasteiger partial charge on any atom is -0.481 e. The highest BCUT2D eigenvalue weighted by Gasteiger charge is 2.74. The molecule has 7 heteroatoms. The number of aliphatic hydroxyl groups is 1.